The molecule has 1 N–H and O–H groups in total. The summed E-state index contributed by atoms with van der Waals surface area (Å²) in [6.45, 7) is 6.59. The van der Waals surface area contributed by atoms with Crippen LogP contribution in [0.15, 0.2) is 83.9 Å². The van der Waals surface area contributed by atoms with Crippen molar-refractivity contribution in [1.82, 2.24) is 14.5 Å². The first-order chi connectivity index (χ1) is 16.1. The zero-order valence-electron chi connectivity index (χ0n) is 18.9. The van der Waals surface area contributed by atoms with Crippen LogP contribution in [0.5, 0.6) is 0 Å². The lowest BCUT2D eigenvalue weighted by molar-refractivity contribution is -0.0704. The summed E-state index contributed by atoms with van der Waals surface area (Å²) in [7, 11) is 0. The number of pyridine rings is 2. The van der Waals surface area contributed by atoms with Gasteiger partial charge in [-0.05, 0) is 38.1 Å². The largest absolute Gasteiger partial charge is 0.373 e. The molecule has 0 radical (unpaired) electrons. The molecule has 6 nitrogen and oxygen atoms in total. The summed E-state index contributed by atoms with van der Waals surface area (Å²) in [6.07, 6.45) is 3.90. The van der Waals surface area contributed by atoms with E-state index in [0.717, 1.165) is 41.4 Å². The summed E-state index contributed by atoms with van der Waals surface area (Å²) >= 11 is 0. The van der Waals surface area contributed by atoms with Crippen molar-refractivity contribution < 1.29 is 4.74 Å². The van der Waals surface area contributed by atoms with Crippen LogP contribution in [-0.2, 0) is 11.3 Å². The van der Waals surface area contributed by atoms with Crippen molar-refractivity contribution >= 4 is 22.4 Å². The lowest BCUT2D eigenvalue weighted by Crippen LogP contribution is -2.44. The summed E-state index contributed by atoms with van der Waals surface area (Å²) in [4.78, 5) is 20.0. The highest BCUT2D eigenvalue weighted by atomic mass is 16.5. The average Bonchev–Trinajstić information content (AvgIpc) is 2.80. The van der Waals surface area contributed by atoms with Crippen LogP contribution in [0.3, 0.4) is 0 Å². The van der Waals surface area contributed by atoms with E-state index in [9.17, 15) is 4.79 Å². The van der Waals surface area contributed by atoms with Gasteiger partial charge in [0.25, 0.3) is 0 Å². The van der Waals surface area contributed by atoms with E-state index in [0.29, 0.717) is 11.9 Å². The monoisotopic (exact) mass is 440 g/mol. The van der Waals surface area contributed by atoms with E-state index in [2.05, 4.69) is 45.7 Å². The summed E-state index contributed by atoms with van der Waals surface area (Å²) in [5, 5.41) is 4.07. The van der Waals surface area contributed by atoms with E-state index in [1.165, 1.54) is 0 Å². The van der Waals surface area contributed by atoms with Crippen LogP contribution in [-0.4, -0.2) is 39.7 Å². The third-order valence-corrected chi connectivity index (χ3v) is 5.94. The fraction of sp³-hybridized carbons (Fsp3) is 0.259. The van der Waals surface area contributed by atoms with Crippen LogP contribution in [0.25, 0.3) is 16.6 Å². The Labute approximate surface area is 193 Å². The number of fused-ring (bicyclic) bond motifs is 1. The second-order valence-electron chi connectivity index (χ2n) is 8.70. The van der Waals surface area contributed by atoms with E-state index in [1.807, 2.05) is 54.7 Å². The van der Waals surface area contributed by atoms with Crippen molar-refractivity contribution in [2.24, 2.45) is 0 Å². The molecule has 1 aliphatic rings. The quantitative estimate of drug-likeness (QED) is 0.486. The standard InChI is InChI=1S/C27H28N4O2/c1-19-16-30(17-20(2)33-19)18-21-14-28-15-24-25(32)13-26(29-22-9-5-3-6-10-22)31(27(21)24)23-11-7-4-8-12-23/h3-15,19-20,29H,16-18H2,1-2H3/t19-,20+. The van der Waals surface area contributed by atoms with E-state index < -0.39 is 0 Å². The first-order valence-corrected chi connectivity index (χ1v) is 11.4. The van der Waals surface area contributed by atoms with Crippen molar-refractivity contribution in [1.29, 1.82) is 0 Å². The Morgan fingerprint density at radius 2 is 1.64 bits per heavy atom. The Balaban J connectivity index is 1.69. The number of para-hydroxylation sites is 2. The Bertz CT molecular complexity index is 1290. The molecule has 168 valence electrons. The number of aromatic nitrogens is 2. The number of anilines is 2. The Morgan fingerprint density at radius 3 is 2.33 bits per heavy atom. The van der Waals surface area contributed by atoms with Crippen LogP contribution < -0.4 is 10.7 Å². The molecule has 2 aromatic heterocycles. The van der Waals surface area contributed by atoms with Crippen LogP contribution in [0.2, 0.25) is 0 Å². The van der Waals surface area contributed by atoms with Crippen LogP contribution in [0, 0.1) is 0 Å². The minimum Gasteiger partial charge on any atom is -0.373 e. The molecule has 33 heavy (non-hydrogen) atoms. The molecule has 0 aliphatic carbocycles. The van der Waals surface area contributed by atoms with Gasteiger partial charge in [0.2, 0.25) is 0 Å². The number of nitrogens with zero attached hydrogens (tertiary/aromatic N) is 3. The summed E-state index contributed by atoms with van der Waals surface area (Å²) in [6, 6.07) is 21.7. The minimum absolute atomic E-state index is 0.0475. The average molecular weight is 441 g/mol. The van der Waals surface area contributed by atoms with E-state index in [4.69, 9.17) is 4.74 Å². The molecule has 0 bridgehead atoms. The molecule has 3 heterocycles. The van der Waals surface area contributed by atoms with Gasteiger partial charge < -0.3 is 10.1 Å². The topological polar surface area (TPSA) is 59.4 Å². The summed E-state index contributed by atoms with van der Waals surface area (Å²) in [5.41, 5.74) is 3.76. The SMILES string of the molecule is C[C@@H]1CN(Cc2cncc3c(=O)cc(Nc4ccccc4)n(-c4ccccc4)c23)C[C@H](C)O1. The Kier molecular flexibility index (Phi) is 5.94. The molecule has 0 spiro atoms. The van der Waals surface area contributed by atoms with Crippen LogP contribution >= 0.6 is 0 Å². The fourth-order valence-corrected chi connectivity index (χ4v) is 4.71. The van der Waals surface area contributed by atoms with Gasteiger partial charge >= 0.3 is 0 Å². The highest BCUT2D eigenvalue weighted by Crippen LogP contribution is 2.28. The van der Waals surface area contributed by atoms with Gasteiger partial charge in [-0.25, -0.2) is 0 Å². The molecule has 4 aromatic rings. The second kappa shape index (κ2) is 9.17. The van der Waals surface area contributed by atoms with Gasteiger partial charge in [-0.15, -0.1) is 0 Å². The number of ether oxygens (including phenoxy) is 1. The zero-order chi connectivity index (χ0) is 22.8. The van der Waals surface area contributed by atoms with Gasteiger partial charge in [0, 0.05) is 55.0 Å². The molecule has 1 fully saturated rings. The number of nitrogens with one attached hydrogen (secondary N) is 1. The van der Waals surface area contributed by atoms with E-state index in [-0.39, 0.29) is 17.6 Å². The molecular weight excluding hydrogens is 412 g/mol. The molecule has 0 unspecified atom stereocenters. The smallest absolute Gasteiger partial charge is 0.193 e. The Hall–Kier alpha value is -3.48. The molecule has 0 saturated carbocycles. The predicted octanol–water partition coefficient (Wildman–Crippen LogP) is 4.74. The molecular formula is C27H28N4O2. The molecule has 1 saturated heterocycles. The van der Waals surface area contributed by atoms with Crippen molar-refractivity contribution in [3.63, 3.8) is 0 Å². The van der Waals surface area contributed by atoms with E-state index in [1.54, 1.807) is 12.3 Å². The molecule has 6 heteroatoms. The molecule has 0 amide bonds. The van der Waals surface area contributed by atoms with Crippen molar-refractivity contribution in [3.8, 4) is 5.69 Å². The van der Waals surface area contributed by atoms with Gasteiger partial charge in [-0.2, -0.15) is 0 Å². The number of hydrogen-bond acceptors (Lipinski definition) is 5. The summed E-state index contributed by atoms with van der Waals surface area (Å²) in [5.74, 6) is 0.723. The lowest BCUT2D eigenvalue weighted by atomic mass is 10.1. The summed E-state index contributed by atoms with van der Waals surface area (Å²) < 4.78 is 8.05. The third kappa shape index (κ3) is 4.53. The lowest BCUT2D eigenvalue weighted by Gasteiger charge is -2.35. The van der Waals surface area contributed by atoms with Gasteiger partial charge in [0.05, 0.1) is 23.1 Å². The van der Waals surface area contributed by atoms with Gasteiger partial charge in [-0.3, -0.25) is 19.2 Å². The van der Waals surface area contributed by atoms with E-state index >= 15 is 0 Å². The highest BCUT2D eigenvalue weighted by molar-refractivity contribution is 5.86. The fourth-order valence-electron chi connectivity index (χ4n) is 4.71. The molecule has 5 rings (SSSR count). The minimum atomic E-state index is -0.0475. The molecule has 1 aliphatic heterocycles. The third-order valence-electron chi connectivity index (χ3n) is 5.94. The maximum atomic E-state index is 13.2. The normalized spacial score (nSPS) is 19.0. The number of rotatable bonds is 5. The number of benzene rings is 2. The maximum absolute atomic E-state index is 13.2. The van der Waals surface area contributed by atoms with Gasteiger partial charge in [0.15, 0.2) is 5.43 Å². The van der Waals surface area contributed by atoms with Crippen molar-refractivity contribution in [3.05, 3.63) is 94.9 Å². The van der Waals surface area contributed by atoms with Crippen molar-refractivity contribution in [2.75, 3.05) is 18.4 Å². The van der Waals surface area contributed by atoms with Gasteiger partial charge in [-0.1, -0.05) is 36.4 Å². The van der Waals surface area contributed by atoms with Crippen LogP contribution in [0.4, 0.5) is 11.5 Å². The molecule has 2 atom stereocenters. The highest BCUT2D eigenvalue weighted by Gasteiger charge is 2.24. The number of morpholine rings is 1. The van der Waals surface area contributed by atoms with Gasteiger partial charge in [0.1, 0.15) is 5.82 Å². The first kappa shape index (κ1) is 21.4. The van der Waals surface area contributed by atoms with Crippen LogP contribution in [0.1, 0.15) is 19.4 Å². The number of hydrogen-bond donors (Lipinski definition) is 1. The first-order valence-electron chi connectivity index (χ1n) is 11.4. The second-order valence-corrected chi connectivity index (χ2v) is 8.70. The van der Waals surface area contributed by atoms with Crippen molar-refractivity contribution in [2.45, 2.75) is 32.6 Å². The Morgan fingerprint density at radius 1 is 0.970 bits per heavy atom. The maximum Gasteiger partial charge on any atom is 0.193 e. The zero-order valence-corrected chi connectivity index (χ0v) is 18.9. The predicted molar refractivity (Wildman–Crippen MR) is 132 cm³/mol. The molecule has 2 aromatic carbocycles.